The largest absolute Gasteiger partial charge is 0.481 e. The smallest absolute Gasteiger partial charge is 0.305 e. The Bertz CT molecular complexity index is 325. The number of nitrogens with zero attached hydrogens (tertiary/aromatic N) is 1. The van der Waals surface area contributed by atoms with Crippen molar-refractivity contribution in [2.45, 2.75) is 59.3 Å². The van der Waals surface area contributed by atoms with E-state index < -0.39 is 5.97 Å². The van der Waals surface area contributed by atoms with Crippen molar-refractivity contribution in [3.05, 3.63) is 0 Å². The van der Waals surface area contributed by atoms with Gasteiger partial charge in [-0.1, -0.05) is 26.7 Å². The number of carboxylic acids is 1. The van der Waals surface area contributed by atoms with Crippen molar-refractivity contribution in [3.8, 4) is 0 Å². The number of carbonyl (C=O) groups is 2. The van der Waals surface area contributed by atoms with E-state index in [9.17, 15) is 9.59 Å². The summed E-state index contributed by atoms with van der Waals surface area (Å²) in [5.41, 5.74) is 0.236. The van der Waals surface area contributed by atoms with Gasteiger partial charge in [-0.25, -0.2) is 0 Å². The fourth-order valence-electron chi connectivity index (χ4n) is 2.97. The molecule has 110 valence electrons. The Labute approximate surface area is 116 Å². The van der Waals surface area contributed by atoms with E-state index >= 15 is 0 Å². The highest BCUT2D eigenvalue weighted by molar-refractivity contribution is 5.77. The molecule has 1 atom stereocenters. The molecule has 0 aromatic carbocycles. The zero-order valence-corrected chi connectivity index (χ0v) is 12.4. The van der Waals surface area contributed by atoms with E-state index in [0.717, 1.165) is 6.42 Å². The number of aliphatic carboxylic acids is 1. The summed E-state index contributed by atoms with van der Waals surface area (Å²) in [6, 6.07) is 0. The topological polar surface area (TPSA) is 57.6 Å². The molecule has 1 N–H and O–H groups in total. The van der Waals surface area contributed by atoms with E-state index in [0.29, 0.717) is 25.4 Å². The molecule has 0 saturated heterocycles. The van der Waals surface area contributed by atoms with Gasteiger partial charge in [0.15, 0.2) is 0 Å². The zero-order chi connectivity index (χ0) is 14.5. The first-order chi connectivity index (χ1) is 8.86. The summed E-state index contributed by atoms with van der Waals surface area (Å²) in [4.78, 5) is 24.6. The molecule has 0 radical (unpaired) electrons. The monoisotopic (exact) mass is 269 g/mol. The first-order valence-electron chi connectivity index (χ1n) is 7.36. The Kier molecular flexibility index (Phi) is 5.83. The summed E-state index contributed by atoms with van der Waals surface area (Å²) in [6.45, 7) is 7.33. The van der Waals surface area contributed by atoms with Crippen molar-refractivity contribution in [1.82, 2.24) is 4.90 Å². The molecular weight excluding hydrogens is 242 g/mol. The van der Waals surface area contributed by atoms with Gasteiger partial charge in [0, 0.05) is 19.5 Å². The van der Waals surface area contributed by atoms with Gasteiger partial charge in [-0.2, -0.15) is 0 Å². The minimum absolute atomic E-state index is 0.0354. The first kappa shape index (κ1) is 16.0. The Morgan fingerprint density at radius 1 is 1.32 bits per heavy atom. The Morgan fingerprint density at radius 2 is 2.00 bits per heavy atom. The Hall–Kier alpha value is -1.06. The Morgan fingerprint density at radius 3 is 2.53 bits per heavy atom. The van der Waals surface area contributed by atoms with Crippen LogP contribution >= 0.6 is 0 Å². The van der Waals surface area contributed by atoms with Crippen LogP contribution in [0.1, 0.15) is 59.3 Å². The molecule has 1 aliphatic carbocycles. The third-order valence-electron chi connectivity index (χ3n) is 4.48. The van der Waals surface area contributed by atoms with Crippen molar-refractivity contribution in [2.24, 2.45) is 11.3 Å². The third-order valence-corrected chi connectivity index (χ3v) is 4.48. The summed E-state index contributed by atoms with van der Waals surface area (Å²) in [6.07, 6.45) is 5.38. The first-order valence-corrected chi connectivity index (χ1v) is 7.36. The van der Waals surface area contributed by atoms with E-state index in [1.54, 1.807) is 4.90 Å². The maximum absolute atomic E-state index is 12.3. The molecule has 1 fully saturated rings. The lowest BCUT2D eigenvalue weighted by Crippen LogP contribution is -2.37. The predicted octanol–water partition coefficient (Wildman–Crippen LogP) is 2.92. The minimum Gasteiger partial charge on any atom is -0.481 e. The van der Waals surface area contributed by atoms with Gasteiger partial charge in [-0.3, -0.25) is 9.59 Å². The van der Waals surface area contributed by atoms with E-state index in [2.05, 4.69) is 13.8 Å². The van der Waals surface area contributed by atoms with E-state index in [-0.39, 0.29) is 17.7 Å². The fraction of sp³-hybridized carbons (Fsp3) is 0.867. The number of carbonyl (C=O) groups excluding carboxylic acids is 1. The van der Waals surface area contributed by atoms with Gasteiger partial charge >= 0.3 is 5.97 Å². The van der Waals surface area contributed by atoms with E-state index in [1.807, 2.05) is 6.92 Å². The van der Waals surface area contributed by atoms with E-state index in [4.69, 9.17) is 5.11 Å². The normalized spacial score (nSPS) is 21.9. The number of carboxylic acid groups (broad SMARTS) is 1. The van der Waals surface area contributed by atoms with Gasteiger partial charge in [-0.05, 0) is 31.1 Å². The number of amides is 1. The molecule has 1 saturated carbocycles. The number of hydrogen-bond acceptors (Lipinski definition) is 2. The van der Waals surface area contributed by atoms with Crippen LogP contribution in [0.2, 0.25) is 0 Å². The zero-order valence-electron chi connectivity index (χ0n) is 12.4. The summed E-state index contributed by atoms with van der Waals surface area (Å²) in [7, 11) is 0. The number of rotatable bonds is 6. The molecule has 4 heteroatoms. The minimum atomic E-state index is -0.843. The van der Waals surface area contributed by atoms with Crippen LogP contribution in [0.15, 0.2) is 0 Å². The second kappa shape index (κ2) is 6.92. The van der Waals surface area contributed by atoms with Crippen LogP contribution in [0.5, 0.6) is 0 Å². The lowest BCUT2D eigenvalue weighted by Gasteiger charge is -2.39. The van der Waals surface area contributed by atoms with Crippen LogP contribution in [0.25, 0.3) is 0 Å². The number of hydrogen-bond donors (Lipinski definition) is 1. The van der Waals surface area contributed by atoms with Crippen LogP contribution in [-0.2, 0) is 9.59 Å². The van der Waals surface area contributed by atoms with Gasteiger partial charge in [0.1, 0.15) is 0 Å². The second-order valence-electron chi connectivity index (χ2n) is 6.25. The van der Waals surface area contributed by atoms with Crippen molar-refractivity contribution in [1.29, 1.82) is 0 Å². The summed E-state index contributed by atoms with van der Waals surface area (Å²) < 4.78 is 0. The highest BCUT2D eigenvalue weighted by Gasteiger charge is 2.34. The van der Waals surface area contributed by atoms with Crippen molar-refractivity contribution >= 4 is 11.9 Å². The maximum atomic E-state index is 12.3. The quantitative estimate of drug-likeness (QED) is 0.806. The van der Waals surface area contributed by atoms with Crippen LogP contribution in [-0.4, -0.2) is 35.0 Å². The molecule has 1 unspecified atom stereocenters. The fourth-order valence-corrected chi connectivity index (χ4v) is 2.97. The molecule has 19 heavy (non-hydrogen) atoms. The highest BCUT2D eigenvalue weighted by atomic mass is 16.4. The molecule has 1 rings (SSSR count). The van der Waals surface area contributed by atoms with Gasteiger partial charge < -0.3 is 10.0 Å². The molecule has 4 nitrogen and oxygen atoms in total. The SMILES string of the molecule is CCN(CCC(=O)O)C(=O)CC1CCCCC1(C)C. The molecule has 0 heterocycles. The summed E-state index contributed by atoms with van der Waals surface area (Å²) in [5, 5.41) is 8.71. The van der Waals surface area contributed by atoms with Crippen molar-refractivity contribution in [3.63, 3.8) is 0 Å². The molecule has 0 bridgehead atoms. The highest BCUT2D eigenvalue weighted by Crippen LogP contribution is 2.42. The van der Waals surface area contributed by atoms with Crippen LogP contribution < -0.4 is 0 Å². The van der Waals surface area contributed by atoms with Crippen LogP contribution in [0.4, 0.5) is 0 Å². The standard InChI is InChI=1S/C15H27NO3/c1-4-16(10-8-14(18)19)13(17)11-12-7-5-6-9-15(12,2)3/h12H,4-11H2,1-3H3,(H,18,19). The average molecular weight is 269 g/mol. The van der Waals surface area contributed by atoms with Crippen molar-refractivity contribution < 1.29 is 14.7 Å². The van der Waals surface area contributed by atoms with Gasteiger partial charge in [-0.15, -0.1) is 0 Å². The third kappa shape index (κ3) is 4.84. The summed E-state index contributed by atoms with van der Waals surface area (Å²) in [5.74, 6) is -0.291. The second-order valence-corrected chi connectivity index (χ2v) is 6.25. The molecule has 0 aromatic heterocycles. The maximum Gasteiger partial charge on any atom is 0.305 e. The van der Waals surface area contributed by atoms with Crippen LogP contribution in [0, 0.1) is 11.3 Å². The van der Waals surface area contributed by atoms with Gasteiger partial charge in [0.25, 0.3) is 0 Å². The van der Waals surface area contributed by atoms with Crippen LogP contribution in [0.3, 0.4) is 0 Å². The van der Waals surface area contributed by atoms with Crippen molar-refractivity contribution in [2.75, 3.05) is 13.1 Å². The molecule has 1 amide bonds. The molecule has 1 aliphatic rings. The molecular formula is C15H27NO3. The summed E-state index contributed by atoms with van der Waals surface area (Å²) >= 11 is 0. The lowest BCUT2D eigenvalue weighted by molar-refractivity contribution is -0.139. The van der Waals surface area contributed by atoms with E-state index in [1.165, 1.54) is 19.3 Å². The Balaban J connectivity index is 2.53. The van der Waals surface area contributed by atoms with Gasteiger partial charge in [0.05, 0.1) is 6.42 Å². The lowest BCUT2D eigenvalue weighted by atomic mass is 9.67. The average Bonchev–Trinajstić information content (AvgIpc) is 2.32. The molecule has 0 aliphatic heterocycles. The molecule has 0 spiro atoms. The molecule has 0 aromatic rings. The van der Waals surface area contributed by atoms with Gasteiger partial charge in [0.2, 0.25) is 5.91 Å². The predicted molar refractivity (Wildman–Crippen MR) is 74.9 cm³/mol.